The lowest BCUT2D eigenvalue weighted by molar-refractivity contribution is 0.567. The monoisotopic (exact) mass is 321 g/mol. The number of sulfonamides is 1. The Morgan fingerprint density at radius 3 is 2.38 bits per heavy atom. The average molecular weight is 322 g/mol. The maximum Gasteiger partial charge on any atom is 0.240 e. The molecule has 1 fully saturated rings. The van der Waals surface area contributed by atoms with Crippen molar-refractivity contribution in [3.63, 3.8) is 0 Å². The molecule has 2 aromatic carbocycles. The average Bonchev–Trinajstić information content (AvgIpc) is 3.28. The van der Waals surface area contributed by atoms with Gasteiger partial charge in [-0.2, -0.15) is 0 Å². The molecule has 0 spiro atoms. The van der Waals surface area contributed by atoms with Gasteiger partial charge in [-0.25, -0.2) is 13.1 Å². The van der Waals surface area contributed by atoms with Gasteiger partial charge in [-0.05, 0) is 36.6 Å². The zero-order valence-corrected chi connectivity index (χ0v) is 13.0. The number of halogens is 1. The highest BCUT2D eigenvalue weighted by Gasteiger charge is 2.44. The van der Waals surface area contributed by atoms with Crippen LogP contribution in [0.3, 0.4) is 0 Å². The van der Waals surface area contributed by atoms with Crippen LogP contribution in [-0.4, -0.2) is 15.0 Å². The van der Waals surface area contributed by atoms with Gasteiger partial charge < -0.3 is 0 Å². The minimum absolute atomic E-state index is 0.0487. The molecule has 0 aromatic heterocycles. The number of nitrogens with one attached hydrogen (secondary N) is 1. The summed E-state index contributed by atoms with van der Waals surface area (Å²) >= 11 is 5.86. The Bertz CT molecular complexity index is 740. The topological polar surface area (TPSA) is 46.2 Å². The van der Waals surface area contributed by atoms with E-state index in [0.717, 1.165) is 12.8 Å². The van der Waals surface area contributed by atoms with E-state index in [4.69, 9.17) is 11.6 Å². The summed E-state index contributed by atoms with van der Waals surface area (Å²) in [4.78, 5) is 0.207. The van der Waals surface area contributed by atoms with Crippen LogP contribution in [0.5, 0.6) is 0 Å². The van der Waals surface area contributed by atoms with E-state index >= 15 is 0 Å². The third-order valence-corrected chi connectivity index (χ3v) is 5.58. The second-order valence-corrected chi connectivity index (χ2v) is 7.63. The normalized spacial score (nSPS) is 16.6. The van der Waals surface area contributed by atoms with E-state index in [2.05, 4.69) is 16.9 Å². The van der Waals surface area contributed by atoms with E-state index in [1.54, 1.807) is 18.2 Å². The van der Waals surface area contributed by atoms with Crippen LogP contribution < -0.4 is 4.72 Å². The first-order valence-corrected chi connectivity index (χ1v) is 8.69. The summed E-state index contributed by atoms with van der Waals surface area (Å²) in [5.74, 6) is 0. The molecule has 2 aromatic rings. The second-order valence-electron chi connectivity index (χ2n) is 5.43. The molecule has 0 amide bonds. The van der Waals surface area contributed by atoms with E-state index in [1.165, 1.54) is 11.6 Å². The van der Waals surface area contributed by atoms with Gasteiger partial charge in [-0.1, -0.05) is 48.0 Å². The van der Waals surface area contributed by atoms with Crippen LogP contribution in [-0.2, 0) is 15.4 Å². The van der Waals surface area contributed by atoms with Crippen LogP contribution in [0.15, 0.2) is 59.5 Å². The Balaban J connectivity index is 1.76. The molecule has 1 aliphatic carbocycles. The van der Waals surface area contributed by atoms with Crippen LogP contribution in [0.2, 0.25) is 5.02 Å². The van der Waals surface area contributed by atoms with Gasteiger partial charge in [0.05, 0.1) is 4.90 Å². The molecule has 21 heavy (non-hydrogen) atoms. The molecule has 0 heterocycles. The van der Waals surface area contributed by atoms with Gasteiger partial charge >= 0.3 is 0 Å². The lowest BCUT2D eigenvalue weighted by atomic mass is 9.96. The van der Waals surface area contributed by atoms with Crippen molar-refractivity contribution >= 4 is 21.6 Å². The van der Waals surface area contributed by atoms with Crippen molar-refractivity contribution < 1.29 is 8.42 Å². The smallest absolute Gasteiger partial charge is 0.210 e. The molecular formula is C16H16ClNO2S. The SMILES string of the molecule is O=S(=O)(NCC1(c2ccccc2)CC1)c1cccc(Cl)c1. The highest BCUT2D eigenvalue weighted by Crippen LogP contribution is 2.47. The molecule has 0 unspecified atom stereocenters. The Kier molecular flexibility index (Phi) is 3.78. The Morgan fingerprint density at radius 1 is 1.05 bits per heavy atom. The first-order chi connectivity index (χ1) is 10.0. The molecule has 0 radical (unpaired) electrons. The fourth-order valence-electron chi connectivity index (χ4n) is 2.46. The van der Waals surface area contributed by atoms with E-state index in [9.17, 15) is 8.42 Å². The predicted molar refractivity (Wildman–Crippen MR) is 84.0 cm³/mol. The molecule has 0 aliphatic heterocycles. The summed E-state index contributed by atoms with van der Waals surface area (Å²) in [6, 6.07) is 16.4. The van der Waals surface area contributed by atoms with Crippen molar-refractivity contribution in [2.75, 3.05) is 6.54 Å². The summed E-state index contributed by atoms with van der Waals surface area (Å²) < 4.78 is 27.4. The lowest BCUT2D eigenvalue weighted by Gasteiger charge is -2.16. The van der Waals surface area contributed by atoms with Gasteiger partial charge in [0.15, 0.2) is 0 Å². The maximum atomic E-state index is 12.3. The molecule has 0 bridgehead atoms. The summed E-state index contributed by atoms with van der Waals surface area (Å²) in [7, 11) is -3.52. The van der Waals surface area contributed by atoms with E-state index in [0.29, 0.717) is 11.6 Å². The van der Waals surface area contributed by atoms with Crippen LogP contribution in [0, 0.1) is 0 Å². The van der Waals surface area contributed by atoms with Crippen molar-refractivity contribution in [1.29, 1.82) is 0 Å². The van der Waals surface area contributed by atoms with Crippen molar-refractivity contribution in [2.24, 2.45) is 0 Å². The highest BCUT2D eigenvalue weighted by molar-refractivity contribution is 7.89. The number of hydrogen-bond acceptors (Lipinski definition) is 2. The molecule has 110 valence electrons. The van der Waals surface area contributed by atoms with Gasteiger partial charge in [-0.3, -0.25) is 0 Å². The number of benzene rings is 2. The fraction of sp³-hybridized carbons (Fsp3) is 0.250. The Morgan fingerprint density at radius 2 is 1.76 bits per heavy atom. The third-order valence-electron chi connectivity index (χ3n) is 3.95. The zero-order valence-electron chi connectivity index (χ0n) is 11.4. The van der Waals surface area contributed by atoms with Crippen LogP contribution >= 0.6 is 11.6 Å². The Labute approximate surface area is 130 Å². The molecule has 0 saturated heterocycles. The first-order valence-electron chi connectivity index (χ1n) is 6.83. The first kappa shape index (κ1) is 14.6. The summed E-state index contributed by atoms with van der Waals surface area (Å²) in [6.07, 6.45) is 2.02. The number of rotatable bonds is 5. The molecule has 1 N–H and O–H groups in total. The van der Waals surface area contributed by atoms with Gasteiger partial charge in [0.25, 0.3) is 0 Å². The van der Waals surface area contributed by atoms with E-state index < -0.39 is 10.0 Å². The Hall–Kier alpha value is -1.36. The van der Waals surface area contributed by atoms with Gasteiger partial charge in [0, 0.05) is 17.0 Å². The van der Waals surface area contributed by atoms with Crippen molar-refractivity contribution in [2.45, 2.75) is 23.2 Å². The maximum absolute atomic E-state index is 12.3. The van der Waals surface area contributed by atoms with Crippen LogP contribution in [0.25, 0.3) is 0 Å². The largest absolute Gasteiger partial charge is 0.240 e. The van der Waals surface area contributed by atoms with E-state index in [1.807, 2.05) is 18.2 Å². The van der Waals surface area contributed by atoms with Crippen LogP contribution in [0.1, 0.15) is 18.4 Å². The van der Waals surface area contributed by atoms with Gasteiger partial charge in [-0.15, -0.1) is 0 Å². The molecular weight excluding hydrogens is 306 g/mol. The molecule has 1 saturated carbocycles. The van der Waals surface area contributed by atoms with Gasteiger partial charge in [0.1, 0.15) is 0 Å². The molecule has 0 atom stereocenters. The van der Waals surface area contributed by atoms with Crippen molar-refractivity contribution in [3.8, 4) is 0 Å². The van der Waals surface area contributed by atoms with Gasteiger partial charge in [0.2, 0.25) is 10.0 Å². The molecule has 5 heteroatoms. The summed E-state index contributed by atoms with van der Waals surface area (Å²) in [5, 5.41) is 0.419. The standard InChI is InChI=1S/C16H16ClNO2S/c17-14-7-4-8-15(11-14)21(19,20)18-12-16(9-10-16)13-5-2-1-3-6-13/h1-8,11,18H,9-10,12H2. The van der Waals surface area contributed by atoms with E-state index in [-0.39, 0.29) is 10.3 Å². The summed E-state index contributed by atoms with van der Waals surface area (Å²) in [5.41, 5.74) is 1.14. The minimum atomic E-state index is -3.52. The predicted octanol–water partition coefficient (Wildman–Crippen LogP) is 3.35. The molecule has 3 nitrogen and oxygen atoms in total. The quantitative estimate of drug-likeness (QED) is 0.918. The molecule has 3 rings (SSSR count). The van der Waals surface area contributed by atoms with Crippen molar-refractivity contribution in [1.82, 2.24) is 4.72 Å². The van der Waals surface area contributed by atoms with Crippen LogP contribution in [0.4, 0.5) is 0 Å². The third kappa shape index (κ3) is 3.12. The second kappa shape index (κ2) is 5.44. The summed E-state index contributed by atoms with van der Waals surface area (Å²) in [6.45, 7) is 0.422. The fourth-order valence-corrected chi connectivity index (χ4v) is 3.89. The zero-order chi connectivity index (χ0) is 14.9. The molecule has 1 aliphatic rings. The number of hydrogen-bond donors (Lipinski definition) is 1. The highest BCUT2D eigenvalue weighted by atomic mass is 35.5. The lowest BCUT2D eigenvalue weighted by Crippen LogP contribution is -2.32. The minimum Gasteiger partial charge on any atom is -0.210 e. The van der Waals surface area contributed by atoms with Crippen molar-refractivity contribution in [3.05, 3.63) is 65.2 Å².